The Balaban J connectivity index is 1.96. The first kappa shape index (κ1) is 14.4. The molecule has 3 nitrogen and oxygen atoms in total. The number of hydrogen-bond donors (Lipinski definition) is 1. The van der Waals surface area contributed by atoms with Gasteiger partial charge in [0.25, 0.3) is 0 Å². The van der Waals surface area contributed by atoms with Crippen LogP contribution >= 0.6 is 23.2 Å². The summed E-state index contributed by atoms with van der Waals surface area (Å²) in [4.78, 5) is 0. The molecule has 0 bridgehead atoms. The second-order valence-corrected chi connectivity index (χ2v) is 7.45. The van der Waals surface area contributed by atoms with Crippen molar-refractivity contribution in [2.24, 2.45) is 14.1 Å². The molecule has 3 rings (SSSR count). The second kappa shape index (κ2) is 5.32. The zero-order valence-electron chi connectivity index (χ0n) is 11.5. The summed E-state index contributed by atoms with van der Waals surface area (Å²) in [6.07, 6.45) is 4.94. The van der Waals surface area contributed by atoms with Crippen LogP contribution in [0.3, 0.4) is 0 Å². The van der Waals surface area contributed by atoms with Crippen LogP contribution in [0.1, 0.15) is 39.5 Å². The first-order chi connectivity index (χ1) is 9.49. The predicted molar refractivity (Wildman–Crippen MR) is 87.7 cm³/mol. The lowest BCUT2D eigenvalue weighted by Gasteiger charge is -2.40. The van der Waals surface area contributed by atoms with Gasteiger partial charge in [-0.3, -0.25) is 0 Å². The van der Waals surface area contributed by atoms with E-state index in [1.807, 2.05) is 0 Å². The molecule has 1 fully saturated rings. The minimum Gasteiger partial charge on any atom is -0.379 e. The third-order valence-corrected chi connectivity index (χ3v) is 5.38. The molecule has 1 aromatic carbocycles. The normalized spacial score (nSPS) is 23.3. The van der Waals surface area contributed by atoms with Crippen molar-refractivity contribution in [1.82, 2.24) is 0 Å². The fourth-order valence-corrected chi connectivity index (χ4v) is 4.11. The maximum absolute atomic E-state index is 6.37. The van der Waals surface area contributed by atoms with Crippen LogP contribution in [0.25, 0.3) is 0 Å². The van der Waals surface area contributed by atoms with E-state index in [2.05, 4.69) is 27.9 Å². The summed E-state index contributed by atoms with van der Waals surface area (Å²) in [6.45, 7) is 4.62. The van der Waals surface area contributed by atoms with Crippen LogP contribution in [0.5, 0.6) is 0 Å². The van der Waals surface area contributed by atoms with E-state index in [0.29, 0.717) is 16.1 Å². The van der Waals surface area contributed by atoms with E-state index >= 15 is 0 Å². The van der Waals surface area contributed by atoms with Crippen molar-refractivity contribution in [3.63, 3.8) is 0 Å². The third-order valence-electron chi connectivity index (χ3n) is 4.27. The van der Waals surface area contributed by atoms with Crippen LogP contribution in [0.15, 0.2) is 14.8 Å². The van der Waals surface area contributed by atoms with E-state index in [9.17, 15) is 0 Å². The third kappa shape index (κ3) is 2.49. The van der Waals surface area contributed by atoms with Gasteiger partial charge in [0.2, 0.25) is 0 Å². The fraction of sp³-hybridized carbons (Fsp3) is 0.571. The van der Waals surface area contributed by atoms with Gasteiger partial charge in [-0.2, -0.15) is 8.73 Å². The summed E-state index contributed by atoms with van der Waals surface area (Å²) in [5, 5.41) is 4.79. The van der Waals surface area contributed by atoms with Crippen molar-refractivity contribution >= 4 is 51.6 Å². The van der Waals surface area contributed by atoms with Crippen molar-refractivity contribution in [3.8, 4) is 0 Å². The lowest BCUT2D eigenvalue weighted by molar-refractivity contribution is 0.217. The van der Waals surface area contributed by atoms with Gasteiger partial charge in [0, 0.05) is 6.04 Å². The first-order valence-electron chi connectivity index (χ1n) is 6.86. The minimum absolute atomic E-state index is 0.261. The smallest absolute Gasteiger partial charge is 0.130 e. The number of anilines is 1. The molecule has 2 aliphatic rings. The maximum atomic E-state index is 6.37. The lowest BCUT2D eigenvalue weighted by Crippen LogP contribution is -2.39. The van der Waals surface area contributed by atoms with Crippen LogP contribution < -0.4 is 5.32 Å². The summed E-state index contributed by atoms with van der Waals surface area (Å²) in [5.74, 6) is 0. The molecule has 108 valence electrons. The van der Waals surface area contributed by atoms with Gasteiger partial charge in [0.1, 0.15) is 11.4 Å². The molecule has 0 amide bonds. The van der Waals surface area contributed by atoms with Gasteiger partial charge in [-0.15, -0.1) is 0 Å². The van der Waals surface area contributed by atoms with Crippen molar-refractivity contribution < 1.29 is 0 Å². The van der Waals surface area contributed by atoms with Gasteiger partial charge in [0.15, 0.2) is 0 Å². The quantitative estimate of drug-likeness (QED) is 0.709. The second-order valence-electron chi connectivity index (χ2n) is 6.11. The van der Waals surface area contributed by atoms with Gasteiger partial charge >= 0.3 is 0 Å². The molecular weight excluding hydrogens is 313 g/mol. The van der Waals surface area contributed by atoms with Crippen LogP contribution in [0.4, 0.5) is 17.1 Å². The van der Waals surface area contributed by atoms with Crippen LogP contribution in [-0.4, -0.2) is 6.04 Å². The fourth-order valence-electron chi connectivity index (χ4n) is 2.95. The van der Waals surface area contributed by atoms with E-state index in [-0.39, 0.29) is 5.41 Å². The highest BCUT2D eigenvalue weighted by molar-refractivity contribution is 7.58. The number of nitrogens with one attached hydrogen (secondary N) is 1. The largest absolute Gasteiger partial charge is 0.379 e. The number of halogens is 2. The Kier molecular flexibility index (Phi) is 3.82. The molecule has 1 saturated carbocycles. The van der Waals surface area contributed by atoms with Crippen molar-refractivity contribution in [3.05, 3.63) is 16.1 Å². The molecule has 20 heavy (non-hydrogen) atoms. The van der Waals surface area contributed by atoms with Gasteiger partial charge in [0.05, 0.1) is 27.1 Å². The topological polar surface area (TPSA) is 36.8 Å². The Morgan fingerprint density at radius 2 is 1.95 bits per heavy atom. The van der Waals surface area contributed by atoms with Crippen molar-refractivity contribution in [2.75, 3.05) is 5.32 Å². The average Bonchev–Trinajstić information content (AvgIpc) is 2.85. The number of hydrogen-bond acceptors (Lipinski definition) is 3. The molecule has 0 radical (unpaired) electrons. The Morgan fingerprint density at radius 3 is 2.70 bits per heavy atom. The summed E-state index contributed by atoms with van der Waals surface area (Å²) in [7, 11) is 0. The molecule has 1 aliphatic heterocycles. The predicted octanol–water partition coefficient (Wildman–Crippen LogP) is 6.10. The molecule has 1 atom stereocenters. The highest BCUT2D eigenvalue weighted by Gasteiger charge is 2.33. The minimum atomic E-state index is 0.261. The van der Waals surface area contributed by atoms with E-state index in [1.165, 1.54) is 30.6 Å². The number of fused-ring (bicyclic) bond motifs is 1. The summed E-state index contributed by atoms with van der Waals surface area (Å²) < 4.78 is 8.60. The Morgan fingerprint density at radius 1 is 1.20 bits per heavy atom. The lowest BCUT2D eigenvalue weighted by atomic mass is 9.73. The van der Waals surface area contributed by atoms with E-state index in [4.69, 9.17) is 23.2 Å². The van der Waals surface area contributed by atoms with Crippen LogP contribution in [-0.2, 0) is 11.4 Å². The molecular formula is C14H17Cl2N3S. The zero-order valence-corrected chi connectivity index (χ0v) is 13.9. The SMILES string of the molecule is CC1(C)CCCCC1Nc1c(Cl)cc(Cl)c2c1N=S=N2. The number of benzene rings is 1. The van der Waals surface area contributed by atoms with E-state index in [0.717, 1.165) is 23.5 Å². The van der Waals surface area contributed by atoms with E-state index in [1.54, 1.807) is 6.07 Å². The molecule has 0 spiro atoms. The van der Waals surface area contributed by atoms with Crippen molar-refractivity contribution in [2.45, 2.75) is 45.6 Å². The van der Waals surface area contributed by atoms with Crippen LogP contribution in [0, 0.1) is 5.41 Å². The molecule has 6 heteroatoms. The van der Waals surface area contributed by atoms with Crippen molar-refractivity contribution in [1.29, 1.82) is 0 Å². The molecule has 0 aromatic heterocycles. The van der Waals surface area contributed by atoms with E-state index < -0.39 is 0 Å². The average molecular weight is 330 g/mol. The molecule has 1 N–H and O–H groups in total. The van der Waals surface area contributed by atoms with Gasteiger partial charge in [-0.1, -0.05) is 49.9 Å². The standard InChI is InChI=1S/C14H17Cl2N3S/c1-14(2)6-4-3-5-10(14)17-11-8(15)7-9(16)12-13(11)19-20-18-12/h7,10,17H,3-6H2,1-2H3. The molecule has 1 unspecified atom stereocenters. The molecule has 1 aromatic rings. The van der Waals surface area contributed by atoms with Gasteiger partial charge < -0.3 is 5.32 Å². The maximum Gasteiger partial charge on any atom is 0.130 e. The Hall–Kier alpha value is -0.580. The van der Waals surface area contributed by atoms with Crippen LogP contribution in [0.2, 0.25) is 10.0 Å². The molecule has 1 aliphatic carbocycles. The summed E-state index contributed by atoms with van der Waals surface area (Å²) in [6, 6.07) is 2.16. The summed E-state index contributed by atoms with van der Waals surface area (Å²) >= 11 is 13.7. The summed E-state index contributed by atoms with van der Waals surface area (Å²) in [5.41, 5.74) is 2.66. The Labute approximate surface area is 132 Å². The van der Waals surface area contributed by atoms with Gasteiger partial charge in [-0.05, 0) is 24.3 Å². The highest BCUT2D eigenvalue weighted by Crippen LogP contribution is 2.49. The highest BCUT2D eigenvalue weighted by atomic mass is 35.5. The molecule has 1 heterocycles. The van der Waals surface area contributed by atoms with Gasteiger partial charge in [-0.25, -0.2) is 0 Å². The number of nitrogens with zero attached hydrogens (tertiary/aromatic N) is 2. The first-order valence-corrected chi connectivity index (χ1v) is 8.34. The Bertz CT molecular complexity index is 621. The zero-order chi connectivity index (χ0) is 14.3. The number of rotatable bonds is 2. The monoisotopic (exact) mass is 329 g/mol. The molecule has 0 saturated heterocycles.